The minimum absolute atomic E-state index is 0.161. The van der Waals surface area contributed by atoms with Gasteiger partial charge in [-0.15, -0.1) is 0 Å². The van der Waals surface area contributed by atoms with Gasteiger partial charge in [-0.25, -0.2) is 19.9 Å². The molecule has 1 amide bonds. The van der Waals surface area contributed by atoms with Gasteiger partial charge in [0.2, 0.25) is 5.91 Å². The molecule has 2 fully saturated rings. The maximum Gasteiger partial charge on any atom is 0.222 e. The number of amides is 1. The standard InChI is InChI=1S/C26H32N8O3/c1-25(36)14-26(37-13-19(25)34-16-30-22-23(27)28-15-29-24(22)34)9-11-33(12-10-26)21(35)8-4-7-20-31-17-5-2-3-6-18(17)32-20/h2-3,5-6,15-16,19,36H,4,7-14H2,1H3,(H,31,32)(H2,27,28,29)/t19-,25-/m1/s1. The van der Waals surface area contributed by atoms with Crippen molar-refractivity contribution in [3.05, 3.63) is 42.7 Å². The number of carbonyl (C=O) groups is 1. The van der Waals surface area contributed by atoms with Crippen LogP contribution in [0.4, 0.5) is 5.82 Å². The van der Waals surface area contributed by atoms with Crippen molar-refractivity contribution in [1.29, 1.82) is 0 Å². The van der Waals surface area contributed by atoms with Crippen molar-refractivity contribution in [2.45, 2.75) is 62.7 Å². The summed E-state index contributed by atoms with van der Waals surface area (Å²) in [5, 5.41) is 11.5. The number of imidazole rings is 2. The number of likely N-dealkylation sites (tertiary alicyclic amines) is 1. The molecule has 2 aliphatic rings. The molecule has 1 spiro atoms. The maximum absolute atomic E-state index is 12.9. The smallest absolute Gasteiger partial charge is 0.222 e. The lowest BCUT2D eigenvalue weighted by atomic mass is 9.75. The fourth-order valence-electron chi connectivity index (χ4n) is 5.91. The van der Waals surface area contributed by atoms with E-state index in [2.05, 4.69) is 24.9 Å². The summed E-state index contributed by atoms with van der Waals surface area (Å²) >= 11 is 0. The molecule has 11 nitrogen and oxygen atoms in total. The number of aromatic amines is 1. The zero-order valence-electron chi connectivity index (χ0n) is 20.9. The number of ether oxygens (including phenoxy) is 1. The van der Waals surface area contributed by atoms with Gasteiger partial charge < -0.3 is 30.0 Å². The van der Waals surface area contributed by atoms with E-state index in [1.807, 2.05) is 40.7 Å². The first-order valence-corrected chi connectivity index (χ1v) is 12.8. The van der Waals surface area contributed by atoms with Crippen LogP contribution in [-0.2, 0) is 16.0 Å². The Hall–Kier alpha value is -3.57. The highest BCUT2D eigenvalue weighted by atomic mass is 16.5. The van der Waals surface area contributed by atoms with Gasteiger partial charge >= 0.3 is 0 Å². The molecule has 6 rings (SSSR count). The Morgan fingerprint density at radius 1 is 1.24 bits per heavy atom. The van der Waals surface area contributed by atoms with Gasteiger partial charge in [0.05, 0.1) is 41.2 Å². The molecule has 3 aromatic heterocycles. The topological polar surface area (TPSA) is 148 Å². The largest absolute Gasteiger partial charge is 0.388 e. The van der Waals surface area contributed by atoms with E-state index in [4.69, 9.17) is 10.5 Å². The van der Waals surface area contributed by atoms with Gasteiger partial charge in [-0.3, -0.25) is 4.79 Å². The van der Waals surface area contributed by atoms with Gasteiger partial charge in [0.15, 0.2) is 11.5 Å². The maximum atomic E-state index is 12.9. The van der Waals surface area contributed by atoms with Crippen LogP contribution in [0.25, 0.3) is 22.2 Å². The van der Waals surface area contributed by atoms with Crippen LogP contribution in [0.2, 0.25) is 0 Å². The number of hydrogen-bond acceptors (Lipinski definition) is 8. The number of para-hydroxylation sites is 2. The minimum Gasteiger partial charge on any atom is -0.388 e. The number of aromatic nitrogens is 6. The summed E-state index contributed by atoms with van der Waals surface area (Å²) in [7, 11) is 0. The van der Waals surface area contributed by atoms with Crippen molar-refractivity contribution in [3.8, 4) is 0 Å². The van der Waals surface area contributed by atoms with Gasteiger partial charge in [-0.1, -0.05) is 12.1 Å². The molecule has 11 heteroatoms. The number of piperidine rings is 1. The van der Waals surface area contributed by atoms with Crippen molar-refractivity contribution < 1.29 is 14.6 Å². The average Bonchev–Trinajstić information content (AvgIpc) is 3.49. The van der Waals surface area contributed by atoms with E-state index < -0.39 is 11.2 Å². The summed E-state index contributed by atoms with van der Waals surface area (Å²) in [6.45, 7) is 3.42. The third-order valence-corrected chi connectivity index (χ3v) is 7.94. The number of aliphatic hydroxyl groups is 1. The van der Waals surface area contributed by atoms with Crippen molar-refractivity contribution >= 4 is 33.9 Å². The van der Waals surface area contributed by atoms with Crippen LogP contribution < -0.4 is 5.73 Å². The van der Waals surface area contributed by atoms with Gasteiger partial charge in [0, 0.05) is 32.4 Å². The Morgan fingerprint density at radius 2 is 2.05 bits per heavy atom. The lowest BCUT2D eigenvalue weighted by molar-refractivity contribution is -0.197. The molecule has 0 radical (unpaired) electrons. The summed E-state index contributed by atoms with van der Waals surface area (Å²) in [6.07, 6.45) is 6.89. The van der Waals surface area contributed by atoms with E-state index in [0.717, 1.165) is 29.7 Å². The molecule has 0 unspecified atom stereocenters. The van der Waals surface area contributed by atoms with Crippen LogP contribution in [0, 0.1) is 0 Å². The number of anilines is 1. The van der Waals surface area contributed by atoms with E-state index in [1.54, 1.807) is 6.33 Å². The summed E-state index contributed by atoms with van der Waals surface area (Å²) in [6, 6.07) is 7.60. The predicted octanol–water partition coefficient (Wildman–Crippen LogP) is 2.38. The van der Waals surface area contributed by atoms with Crippen LogP contribution in [-0.4, -0.2) is 76.3 Å². The first-order chi connectivity index (χ1) is 17.8. The number of carbonyl (C=O) groups excluding carboxylic acids is 1. The highest BCUT2D eigenvalue weighted by molar-refractivity contribution is 5.81. The molecular formula is C26H32N8O3. The van der Waals surface area contributed by atoms with Crippen molar-refractivity contribution in [2.75, 3.05) is 25.4 Å². The van der Waals surface area contributed by atoms with E-state index in [9.17, 15) is 9.90 Å². The molecule has 2 saturated heterocycles. The number of nitrogen functional groups attached to an aromatic ring is 1. The molecular weight excluding hydrogens is 472 g/mol. The lowest BCUT2D eigenvalue weighted by Gasteiger charge is -2.51. The van der Waals surface area contributed by atoms with E-state index >= 15 is 0 Å². The number of H-pyrrole nitrogens is 1. The number of nitrogens with zero attached hydrogens (tertiary/aromatic N) is 6. The molecule has 4 N–H and O–H groups in total. The van der Waals surface area contributed by atoms with Crippen molar-refractivity contribution in [2.24, 2.45) is 0 Å². The highest BCUT2D eigenvalue weighted by Crippen LogP contribution is 2.44. The second-order valence-electron chi connectivity index (χ2n) is 10.6. The Morgan fingerprint density at radius 3 is 2.84 bits per heavy atom. The minimum atomic E-state index is -1.04. The number of nitrogens with two attached hydrogens (primary N) is 1. The first kappa shape index (κ1) is 23.8. The second kappa shape index (κ2) is 9.07. The SMILES string of the molecule is C[C@@]1(O)CC2(CCN(C(=O)CCCc3nc4ccccc4[nH]3)CC2)OC[C@H]1n1cnc2c(N)ncnc21. The van der Waals surface area contributed by atoms with Gasteiger partial charge in [0.25, 0.3) is 0 Å². The number of hydrogen-bond donors (Lipinski definition) is 3. The number of benzene rings is 1. The van der Waals surface area contributed by atoms with E-state index in [0.29, 0.717) is 62.4 Å². The number of nitrogens with one attached hydrogen (secondary N) is 1. The Labute approximate surface area is 214 Å². The van der Waals surface area contributed by atoms with Crippen molar-refractivity contribution in [1.82, 2.24) is 34.4 Å². The molecule has 5 heterocycles. The average molecular weight is 505 g/mol. The normalized spacial score (nSPS) is 23.7. The Bertz CT molecular complexity index is 1400. The van der Waals surface area contributed by atoms with Gasteiger partial charge in [0.1, 0.15) is 17.7 Å². The van der Waals surface area contributed by atoms with Gasteiger partial charge in [-0.2, -0.15) is 0 Å². The fourth-order valence-corrected chi connectivity index (χ4v) is 5.91. The zero-order valence-corrected chi connectivity index (χ0v) is 20.9. The van der Waals surface area contributed by atoms with E-state index in [-0.39, 0.29) is 11.9 Å². The summed E-state index contributed by atoms with van der Waals surface area (Å²) in [5.74, 6) is 1.39. The quantitative estimate of drug-likeness (QED) is 0.375. The Balaban J connectivity index is 1.04. The van der Waals surface area contributed by atoms with E-state index in [1.165, 1.54) is 6.33 Å². The van der Waals surface area contributed by atoms with Crippen LogP contribution in [0.1, 0.15) is 50.9 Å². The van der Waals surface area contributed by atoms with Gasteiger partial charge in [-0.05, 0) is 38.3 Å². The third-order valence-electron chi connectivity index (χ3n) is 7.94. The molecule has 37 heavy (non-hydrogen) atoms. The number of aryl methyl sites for hydroxylation is 1. The molecule has 194 valence electrons. The third kappa shape index (κ3) is 4.42. The molecule has 1 aromatic carbocycles. The molecule has 0 saturated carbocycles. The van der Waals surface area contributed by atoms with Crippen LogP contribution in [0.5, 0.6) is 0 Å². The molecule has 0 aliphatic carbocycles. The molecule has 2 aliphatic heterocycles. The molecule has 0 bridgehead atoms. The summed E-state index contributed by atoms with van der Waals surface area (Å²) < 4.78 is 8.25. The van der Waals surface area contributed by atoms with Crippen LogP contribution in [0.15, 0.2) is 36.9 Å². The molecule has 2 atom stereocenters. The highest BCUT2D eigenvalue weighted by Gasteiger charge is 2.50. The van der Waals surface area contributed by atoms with Crippen LogP contribution >= 0.6 is 0 Å². The predicted molar refractivity (Wildman–Crippen MR) is 138 cm³/mol. The number of fused-ring (bicyclic) bond motifs is 2. The Kier molecular flexibility index (Phi) is 5.84. The van der Waals surface area contributed by atoms with Crippen molar-refractivity contribution in [3.63, 3.8) is 0 Å². The lowest BCUT2D eigenvalue weighted by Crippen LogP contribution is -2.57. The fraction of sp³-hybridized carbons (Fsp3) is 0.500. The monoisotopic (exact) mass is 504 g/mol. The number of rotatable bonds is 5. The molecule has 4 aromatic rings. The second-order valence-corrected chi connectivity index (χ2v) is 10.6. The first-order valence-electron chi connectivity index (χ1n) is 12.8. The summed E-state index contributed by atoms with van der Waals surface area (Å²) in [5.41, 5.74) is 7.53. The zero-order chi connectivity index (χ0) is 25.6. The summed E-state index contributed by atoms with van der Waals surface area (Å²) in [4.78, 5) is 35.4. The van der Waals surface area contributed by atoms with Crippen LogP contribution in [0.3, 0.4) is 0 Å².